The number of H-pyrrole nitrogens is 1. The Morgan fingerprint density at radius 2 is 2.00 bits per heavy atom. The number of halogens is 1. The fourth-order valence-electron chi connectivity index (χ4n) is 2.22. The molecule has 0 radical (unpaired) electrons. The summed E-state index contributed by atoms with van der Waals surface area (Å²) in [5.41, 5.74) is 1.60. The summed E-state index contributed by atoms with van der Waals surface area (Å²) in [4.78, 5) is 12.3. The number of benzene rings is 2. The Bertz CT molecular complexity index is 783. The normalized spacial score (nSPS) is 12.3. The highest BCUT2D eigenvalue weighted by Crippen LogP contribution is 2.21. The number of carbonyl (C=O) groups is 1. The van der Waals surface area contributed by atoms with Crippen molar-refractivity contribution < 1.29 is 4.79 Å². The van der Waals surface area contributed by atoms with Crippen molar-refractivity contribution in [1.82, 2.24) is 15.5 Å². The van der Waals surface area contributed by atoms with Crippen LogP contribution in [0.25, 0.3) is 10.8 Å². The molecule has 0 saturated heterocycles. The van der Waals surface area contributed by atoms with Crippen LogP contribution in [0.2, 0.25) is 0 Å². The van der Waals surface area contributed by atoms with E-state index in [0.29, 0.717) is 5.56 Å². The van der Waals surface area contributed by atoms with E-state index in [0.717, 1.165) is 20.8 Å². The third-order valence-corrected chi connectivity index (χ3v) is 3.92. The molecule has 0 aliphatic heterocycles. The number of aromatic amines is 1. The number of amides is 1. The van der Waals surface area contributed by atoms with Gasteiger partial charge in [0.15, 0.2) is 0 Å². The van der Waals surface area contributed by atoms with E-state index in [-0.39, 0.29) is 11.9 Å². The second-order valence-electron chi connectivity index (χ2n) is 4.93. The highest BCUT2D eigenvalue weighted by Gasteiger charge is 2.12. The SMILES string of the molecule is CC(NC(=O)c1ccc2cc(Br)ccc2c1)c1cn[nH]c1. The van der Waals surface area contributed by atoms with Crippen molar-refractivity contribution in [2.45, 2.75) is 13.0 Å². The third kappa shape index (κ3) is 2.97. The lowest BCUT2D eigenvalue weighted by atomic mass is 10.1. The quantitative estimate of drug-likeness (QED) is 0.759. The summed E-state index contributed by atoms with van der Waals surface area (Å²) in [7, 11) is 0. The van der Waals surface area contributed by atoms with Gasteiger partial charge in [0, 0.05) is 21.8 Å². The molecule has 1 heterocycles. The summed E-state index contributed by atoms with van der Waals surface area (Å²) in [5.74, 6) is -0.0893. The van der Waals surface area contributed by atoms with Gasteiger partial charge in [-0.3, -0.25) is 9.89 Å². The highest BCUT2D eigenvalue weighted by molar-refractivity contribution is 9.10. The molecule has 0 spiro atoms. The molecule has 0 fully saturated rings. The summed E-state index contributed by atoms with van der Waals surface area (Å²) >= 11 is 3.45. The summed E-state index contributed by atoms with van der Waals surface area (Å²) in [6.45, 7) is 1.93. The fraction of sp³-hybridized carbons (Fsp3) is 0.125. The van der Waals surface area contributed by atoms with Gasteiger partial charge in [0.05, 0.1) is 12.2 Å². The van der Waals surface area contributed by atoms with Crippen LogP contribution in [0, 0.1) is 0 Å². The average molecular weight is 344 g/mol. The first-order valence-corrected chi connectivity index (χ1v) is 7.41. The molecular formula is C16H14BrN3O. The van der Waals surface area contributed by atoms with Crippen LogP contribution in [-0.4, -0.2) is 16.1 Å². The zero-order valence-electron chi connectivity index (χ0n) is 11.4. The molecule has 5 heteroatoms. The van der Waals surface area contributed by atoms with E-state index in [1.54, 1.807) is 12.4 Å². The number of nitrogens with zero attached hydrogens (tertiary/aromatic N) is 1. The molecule has 1 amide bonds. The minimum absolute atomic E-state index is 0.0862. The van der Waals surface area contributed by atoms with Crippen LogP contribution in [0.5, 0.6) is 0 Å². The molecule has 21 heavy (non-hydrogen) atoms. The fourth-order valence-corrected chi connectivity index (χ4v) is 2.60. The van der Waals surface area contributed by atoms with Gasteiger partial charge in [-0.05, 0) is 42.0 Å². The van der Waals surface area contributed by atoms with Gasteiger partial charge >= 0.3 is 0 Å². The Morgan fingerprint density at radius 1 is 1.24 bits per heavy atom. The maximum Gasteiger partial charge on any atom is 0.251 e. The Morgan fingerprint density at radius 3 is 2.76 bits per heavy atom. The van der Waals surface area contributed by atoms with Crippen molar-refractivity contribution in [3.8, 4) is 0 Å². The summed E-state index contributed by atoms with van der Waals surface area (Å²) in [6.07, 6.45) is 3.49. The molecule has 1 unspecified atom stereocenters. The van der Waals surface area contributed by atoms with E-state index < -0.39 is 0 Å². The molecule has 2 aromatic carbocycles. The third-order valence-electron chi connectivity index (χ3n) is 3.43. The van der Waals surface area contributed by atoms with Crippen LogP contribution in [0.15, 0.2) is 53.3 Å². The molecule has 3 rings (SSSR count). The monoisotopic (exact) mass is 343 g/mol. The Balaban J connectivity index is 1.83. The number of fused-ring (bicyclic) bond motifs is 1. The van der Waals surface area contributed by atoms with Crippen LogP contribution >= 0.6 is 15.9 Å². The van der Waals surface area contributed by atoms with Crippen molar-refractivity contribution >= 4 is 32.6 Å². The molecule has 0 aliphatic rings. The lowest BCUT2D eigenvalue weighted by molar-refractivity contribution is 0.0940. The Kier molecular flexibility index (Phi) is 3.75. The van der Waals surface area contributed by atoms with Gasteiger partial charge in [-0.1, -0.05) is 28.1 Å². The van der Waals surface area contributed by atoms with Crippen molar-refractivity contribution in [3.63, 3.8) is 0 Å². The molecule has 106 valence electrons. The zero-order chi connectivity index (χ0) is 14.8. The number of hydrogen-bond acceptors (Lipinski definition) is 2. The standard InChI is InChI=1S/C16H14BrN3O/c1-10(14-8-18-19-9-14)20-16(21)13-3-2-12-7-15(17)5-4-11(12)6-13/h2-10H,1H3,(H,18,19)(H,20,21). The first-order valence-electron chi connectivity index (χ1n) is 6.62. The molecule has 1 atom stereocenters. The van der Waals surface area contributed by atoms with E-state index in [1.807, 2.05) is 43.3 Å². The average Bonchev–Trinajstić information content (AvgIpc) is 3.01. The largest absolute Gasteiger partial charge is 0.345 e. The molecule has 0 bridgehead atoms. The Labute approximate surface area is 130 Å². The molecule has 1 aromatic heterocycles. The van der Waals surface area contributed by atoms with Gasteiger partial charge in [0.2, 0.25) is 0 Å². The van der Waals surface area contributed by atoms with Crippen molar-refractivity contribution in [1.29, 1.82) is 0 Å². The van der Waals surface area contributed by atoms with E-state index in [4.69, 9.17) is 0 Å². The number of hydrogen-bond donors (Lipinski definition) is 2. The van der Waals surface area contributed by atoms with Gasteiger partial charge in [-0.25, -0.2) is 0 Å². The summed E-state index contributed by atoms with van der Waals surface area (Å²) in [5, 5.41) is 11.7. The zero-order valence-corrected chi connectivity index (χ0v) is 13.0. The van der Waals surface area contributed by atoms with Gasteiger partial charge in [0.1, 0.15) is 0 Å². The van der Waals surface area contributed by atoms with E-state index in [2.05, 4.69) is 31.4 Å². The van der Waals surface area contributed by atoms with Crippen LogP contribution in [0.1, 0.15) is 28.9 Å². The van der Waals surface area contributed by atoms with Crippen LogP contribution in [-0.2, 0) is 0 Å². The predicted molar refractivity (Wildman–Crippen MR) is 86.1 cm³/mol. The highest BCUT2D eigenvalue weighted by atomic mass is 79.9. The minimum atomic E-state index is -0.0893. The van der Waals surface area contributed by atoms with Crippen LogP contribution in [0.4, 0.5) is 0 Å². The van der Waals surface area contributed by atoms with E-state index >= 15 is 0 Å². The molecule has 0 aliphatic carbocycles. The number of aromatic nitrogens is 2. The van der Waals surface area contributed by atoms with Gasteiger partial charge < -0.3 is 5.32 Å². The topological polar surface area (TPSA) is 57.8 Å². The Hall–Kier alpha value is -2.14. The predicted octanol–water partition coefficient (Wildman–Crippen LogP) is 3.82. The van der Waals surface area contributed by atoms with E-state index in [1.165, 1.54) is 0 Å². The number of rotatable bonds is 3. The van der Waals surface area contributed by atoms with E-state index in [9.17, 15) is 4.79 Å². The second-order valence-corrected chi connectivity index (χ2v) is 5.85. The van der Waals surface area contributed by atoms with Crippen molar-refractivity contribution in [2.24, 2.45) is 0 Å². The molecule has 4 nitrogen and oxygen atoms in total. The lowest BCUT2D eigenvalue weighted by Crippen LogP contribution is -2.26. The second kappa shape index (κ2) is 5.69. The smallest absolute Gasteiger partial charge is 0.251 e. The first kappa shape index (κ1) is 13.8. The molecule has 0 saturated carbocycles. The summed E-state index contributed by atoms with van der Waals surface area (Å²) in [6, 6.07) is 11.6. The molecular weight excluding hydrogens is 330 g/mol. The van der Waals surface area contributed by atoms with Gasteiger partial charge in [-0.15, -0.1) is 0 Å². The van der Waals surface area contributed by atoms with Crippen molar-refractivity contribution in [3.05, 3.63) is 64.4 Å². The molecule has 2 N–H and O–H groups in total. The van der Waals surface area contributed by atoms with Crippen molar-refractivity contribution in [2.75, 3.05) is 0 Å². The maximum absolute atomic E-state index is 12.3. The summed E-state index contributed by atoms with van der Waals surface area (Å²) < 4.78 is 1.03. The molecule has 3 aromatic rings. The number of carbonyl (C=O) groups excluding carboxylic acids is 1. The van der Waals surface area contributed by atoms with Gasteiger partial charge in [0.25, 0.3) is 5.91 Å². The van der Waals surface area contributed by atoms with Crippen LogP contribution < -0.4 is 5.32 Å². The lowest BCUT2D eigenvalue weighted by Gasteiger charge is -2.12. The van der Waals surface area contributed by atoms with Gasteiger partial charge in [-0.2, -0.15) is 5.10 Å². The number of nitrogens with one attached hydrogen (secondary N) is 2. The first-order chi connectivity index (χ1) is 10.1. The minimum Gasteiger partial charge on any atom is -0.345 e. The maximum atomic E-state index is 12.3. The van der Waals surface area contributed by atoms with Crippen LogP contribution in [0.3, 0.4) is 0 Å².